The summed E-state index contributed by atoms with van der Waals surface area (Å²) < 4.78 is 1.35. The van der Waals surface area contributed by atoms with E-state index in [1.54, 1.807) is 11.3 Å². The van der Waals surface area contributed by atoms with Crippen LogP contribution in [-0.2, 0) is 0 Å². The van der Waals surface area contributed by atoms with Crippen LogP contribution in [0.15, 0.2) is 18.2 Å². The van der Waals surface area contributed by atoms with Crippen LogP contribution < -0.4 is 0 Å². The lowest BCUT2D eigenvalue weighted by atomic mass is 10.1. The highest BCUT2D eigenvalue weighted by Gasteiger charge is 2.33. The second-order valence-electron chi connectivity index (χ2n) is 4.28. The molecule has 2 atom stereocenters. The van der Waals surface area contributed by atoms with E-state index in [2.05, 4.69) is 37.0 Å². The molecule has 0 aliphatic heterocycles. The van der Waals surface area contributed by atoms with Gasteiger partial charge in [0.15, 0.2) is 0 Å². The lowest BCUT2D eigenvalue weighted by molar-refractivity contribution is 0.916. The third kappa shape index (κ3) is 1.25. The van der Waals surface area contributed by atoms with Crippen molar-refractivity contribution < 1.29 is 0 Å². The molecule has 1 heterocycles. The Kier molecular flexibility index (Phi) is 1.68. The zero-order chi connectivity index (χ0) is 9.71. The van der Waals surface area contributed by atoms with Crippen LogP contribution in [0.25, 0.3) is 10.2 Å². The predicted molar refractivity (Wildman–Crippen MR) is 60.9 cm³/mol. The topological polar surface area (TPSA) is 12.9 Å². The number of hydrogen-bond donors (Lipinski definition) is 0. The number of aryl methyl sites for hydroxylation is 1. The molecule has 0 N–H and O–H groups in total. The van der Waals surface area contributed by atoms with Gasteiger partial charge in [-0.2, -0.15) is 0 Å². The Morgan fingerprint density at radius 2 is 2.21 bits per heavy atom. The van der Waals surface area contributed by atoms with Gasteiger partial charge in [0, 0.05) is 0 Å². The summed E-state index contributed by atoms with van der Waals surface area (Å²) in [6.07, 6.45) is 1.36. The van der Waals surface area contributed by atoms with Crippen LogP contribution >= 0.6 is 11.3 Å². The largest absolute Gasteiger partial charge is 0.242 e. The van der Waals surface area contributed by atoms with Gasteiger partial charge in [0.05, 0.1) is 15.2 Å². The van der Waals surface area contributed by atoms with Gasteiger partial charge in [-0.15, -0.1) is 11.3 Å². The fourth-order valence-electron chi connectivity index (χ4n) is 2.07. The van der Waals surface area contributed by atoms with Crippen LogP contribution in [0.3, 0.4) is 0 Å². The lowest BCUT2D eigenvalue weighted by Crippen LogP contribution is -1.79. The lowest BCUT2D eigenvalue weighted by Gasteiger charge is -1.97. The van der Waals surface area contributed by atoms with Gasteiger partial charge in [-0.25, -0.2) is 4.98 Å². The van der Waals surface area contributed by atoms with Gasteiger partial charge in [0.25, 0.3) is 0 Å². The van der Waals surface area contributed by atoms with Gasteiger partial charge in [0.2, 0.25) is 0 Å². The number of thiazole rings is 1. The fraction of sp³-hybridized carbons (Fsp3) is 0.417. The van der Waals surface area contributed by atoms with Gasteiger partial charge >= 0.3 is 0 Å². The van der Waals surface area contributed by atoms with Gasteiger partial charge in [-0.1, -0.05) is 13.0 Å². The molecule has 1 aliphatic rings. The molecule has 0 spiro atoms. The maximum Gasteiger partial charge on any atom is 0.0907 e. The second kappa shape index (κ2) is 2.80. The Morgan fingerprint density at radius 3 is 2.93 bits per heavy atom. The van der Waals surface area contributed by atoms with E-state index in [4.69, 9.17) is 0 Å². The van der Waals surface area contributed by atoms with E-state index in [1.807, 2.05) is 0 Å². The molecule has 1 aromatic carbocycles. The van der Waals surface area contributed by atoms with Crippen LogP contribution in [0.4, 0.5) is 0 Å². The third-order valence-electron chi connectivity index (χ3n) is 3.06. The first-order chi connectivity index (χ1) is 6.74. The highest BCUT2D eigenvalue weighted by molar-refractivity contribution is 7.18. The number of nitrogens with zero attached hydrogens (tertiary/aromatic N) is 1. The molecule has 72 valence electrons. The number of rotatable bonds is 1. The minimum atomic E-state index is 0.821. The summed E-state index contributed by atoms with van der Waals surface area (Å²) in [4.78, 5) is 4.47. The van der Waals surface area contributed by atoms with Crippen molar-refractivity contribution in [3.63, 3.8) is 0 Å². The monoisotopic (exact) mass is 203 g/mol. The fourth-order valence-corrected chi connectivity index (χ4v) is 2.95. The Labute approximate surface area is 87.8 Å². The van der Waals surface area contributed by atoms with Crippen molar-refractivity contribution in [2.24, 2.45) is 5.92 Å². The van der Waals surface area contributed by atoms with Gasteiger partial charge in [0.1, 0.15) is 0 Å². The van der Waals surface area contributed by atoms with E-state index in [1.165, 1.54) is 21.7 Å². The average molecular weight is 203 g/mol. The summed E-state index contributed by atoms with van der Waals surface area (Å²) in [7, 11) is 0. The molecule has 0 unspecified atom stereocenters. The summed E-state index contributed by atoms with van der Waals surface area (Å²) in [5.74, 6) is 1.71. The van der Waals surface area contributed by atoms with Gasteiger partial charge < -0.3 is 0 Å². The summed E-state index contributed by atoms with van der Waals surface area (Å²) >= 11 is 1.80. The molecule has 1 fully saturated rings. The SMILES string of the molecule is Cc1nc2ccc([C@H]3C[C@@H]3C)cc2s1. The van der Waals surface area contributed by atoms with Gasteiger partial charge in [-0.3, -0.25) is 0 Å². The zero-order valence-corrected chi connectivity index (χ0v) is 9.27. The minimum absolute atomic E-state index is 0.821. The summed E-state index contributed by atoms with van der Waals surface area (Å²) in [5, 5.41) is 1.17. The molecule has 0 amide bonds. The maximum absolute atomic E-state index is 4.47. The molecule has 0 saturated heterocycles. The molecule has 2 aromatic rings. The molecule has 0 bridgehead atoms. The molecule has 14 heavy (non-hydrogen) atoms. The highest BCUT2D eigenvalue weighted by atomic mass is 32.1. The number of aromatic nitrogens is 1. The Bertz CT molecular complexity index is 486. The summed E-state index contributed by atoms with van der Waals surface area (Å²) in [5.41, 5.74) is 2.67. The summed E-state index contributed by atoms with van der Waals surface area (Å²) in [6.45, 7) is 4.40. The van der Waals surface area contributed by atoms with E-state index in [0.717, 1.165) is 17.4 Å². The molecule has 1 aliphatic carbocycles. The zero-order valence-electron chi connectivity index (χ0n) is 8.45. The first kappa shape index (κ1) is 8.42. The average Bonchev–Trinajstić information content (AvgIpc) is 2.76. The van der Waals surface area contributed by atoms with E-state index in [-0.39, 0.29) is 0 Å². The Hall–Kier alpha value is -0.890. The maximum atomic E-state index is 4.47. The standard InChI is InChI=1S/C12H13NS/c1-7-5-10(7)9-3-4-11-12(6-9)14-8(2)13-11/h3-4,6-7,10H,5H2,1-2H3/t7-,10-/m0/s1. The normalized spacial score (nSPS) is 25.6. The quantitative estimate of drug-likeness (QED) is 0.688. The first-order valence-electron chi connectivity index (χ1n) is 5.11. The predicted octanol–water partition coefficient (Wildman–Crippen LogP) is 3.73. The highest BCUT2D eigenvalue weighted by Crippen LogP contribution is 2.47. The van der Waals surface area contributed by atoms with Crippen LogP contribution in [0.1, 0.15) is 29.8 Å². The van der Waals surface area contributed by atoms with Crippen molar-refractivity contribution in [2.75, 3.05) is 0 Å². The van der Waals surface area contributed by atoms with Crippen molar-refractivity contribution >= 4 is 21.6 Å². The number of benzene rings is 1. The van der Waals surface area contributed by atoms with Crippen molar-refractivity contribution in [1.29, 1.82) is 0 Å². The molecule has 2 heteroatoms. The van der Waals surface area contributed by atoms with Crippen LogP contribution in [0.2, 0.25) is 0 Å². The number of fused-ring (bicyclic) bond motifs is 1. The molecule has 1 aromatic heterocycles. The van der Waals surface area contributed by atoms with E-state index < -0.39 is 0 Å². The molecule has 3 rings (SSSR count). The van der Waals surface area contributed by atoms with Crippen LogP contribution in [-0.4, -0.2) is 4.98 Å². The third-order valence-corrected chi connectivity index (χ3v) is 3.99. The van der Waals surface area contributed by atoms with Crippen LogP contribution in [0.5, 0.6) is 0 Å². The van der Waals surface area contributed by atoms with E-state index in [9.17, 15) is 0 Å². The molecular formula is C12H13NS. The van der Waals surface area contributed by atoms with Crippen molar-refractivity contribution in [3.05, 3.63) is 28.8 Å². The Balaban J connectivity index is 2.10. The van der Waals surface area contributed by atoms with Crippen molar-refractivity contribution in [3.8, 4) is 0 Å². The first-order valence-corrected chi connectivity index (χ1v) is 5.93. The van der Waals surface area contributed by atoms with Gasteiger partial charge in [-0.05, 0) is 42.9 Å². The van der Waals surface area contributed by atoms with Crippen LogP contribution in [0, 0.1) is 12.8 Å². The van der Waals surface area contributed by atoms with E-state index >= 15 is 0 Å². The second-order valence-corrected chi connectivity index (χ2v) is 5.51. The molecule has 1 saturated carbocycles. The molecular weight excluding hydrogens is 190 g/mol. The Morgan fingerprint density at radius 1 is 1.43 bits per heavy atom. The van der Waals surface area contributed by atoms with Crippen molar-refractivity contribution in [1.82, 2.24) is 4.98 Å². The molecule has 0 radical (unpaired) electrons. The number of hydrogen-bond acceptors (Lipinski definition) is 2. The minimum Gasteiger partial charge on any atom is -0.242 e. The molecule has 1 nitrogen and oxygen atoms in total. The van der Waals surface area contributed by atoms with Crippen molar-refractivity contribution in [2.45, 2.75) is 26.2 Å². The van der Waals surface area contributed by atoms with E-state index in [0.29, 0.717) is 0 Å². The summed E-state index contributed by atoms with van der Waals surface area (Å²) in [6, 6.07) is 6.74. The smallest absolute Gasteiger partial charge is 0.0907 e.